The Hall–Kier alpha value is -0.830. The van der Waals surface area contributed by atoms with Gasteiger partial charge >= 0.3 is 0 Å². The molecule has 1 atom stereocenters. The minimum Gasteiger partial charge on any atom is -0.342 e. The quantitative estimate of drug-likeness (QED) is 0.817. The Morgan fingerprint density at radius 3 is 2.76 bits per heavy atom. The van der Waals surface area contributed by atoms with E-state index in [4.69, 9.17) is 0 Å². The van der Waals surface area contributed by atoms with Crippen LogP contribution in [0.15, 0.2) is 28.7 Å². The van der Waals surface area contributed by atoms with Gasteiger partial charge in [0.05, 0.1) is 0 Å². The molecule has 1 fully saturated rings. The van der Waals surface area contributed by atoms with E-state index in [0.29, 0.717) is 12.3 Å². The van der Waals surface area contributed by atoms with Crippen molar-refractivity contribution in [3.8, 4) is 0 Å². The van der Waals surface area contributed by atoms with Gasteiger partial charge in [0.15, 0.2) is 0 Å². The second kappa shape index (κ2) is 5.67. The first-order chi connectivity index (χ1) is 8.20. The largest absolute Gasteiger partial charge is 0.342 e. The average Bonchev–Trinajstić information content (AvgIpc) is 2.39. The van der Waals surface area contributed by atoms with Crippen molar-refractivity contribution >= 4 is 21.8 Å². The molecule has 0 aliphatic carbocycles. The highest BCUT2D eigenvalue weighted by Gasteiger charge is 2.23. The van der Waals surface area contributed by atoms with Crippen molar-refractivity contribution in [1.29, 1.82) is 0 Å². The van der Waals surface area contributed by atoms with E-state index >= 15 is 0 Å². The predicted octanol–water partition coefficient (Wildman–Crippen LogP) is 3.57. The number of carbonyl (C=O) groups is 1. The monoisotopic (exact) mass is 295 g/mol. The van der Waals surface area contributed by atoms with Crippen LogP contribution >= 0.6 is 15.9 Å². The molecule has 2 rings (SSSR count). The number of amides is 1. The molecule has 0 aromatic heterocycles. The van der Waals surface area contributed by atoms with Crippen molar-refractivity contribution in [2.24, 2.45) is 0 Å². The number of halogens is 1. The number of nitrogens with zero attached hydrogens (tertiary/aromatic N) is 1. The molecular weight excluding hydrogens is 278 g/mol. The lowest BCUT2D eigenvalue weighted by molar-refractivity contribution is -0.132. The van der Waals surface area contributed by atoms with Crippen LogP contribution in [0.2, 0.25) is 0 Å². The molecule has 92 valence electrons. The van der Waals surface area contributed by atoms with E-state index in [2.05, 4.69) is 40.2 Å². The van der Waals surface area contributed by atoms with Crippen LogP contribution in [-0.2, 0) is 4.79 Å². The van der Waals surface area contributed by atoms with Gasteiger partial charge in [0.2, 0.25) is 5.91 Å². The standard InChI is InChI=1S/C14H18BrNO/c1-2-14(17)16-9-3-4-12(10-16)11-5-7-13(15)8-6-11/h5-8,12H,2-4,9-10H2,1H3. The van der Waals surface area contributed by atoms with Gasteiger partial charge in [0.1, 0.15) is 0 Å². The average molecular weight is 296 g/mol. The van der Waals surface area contributed by atoms with Gasteiger partial charge in [0, 0.05) is 29.9 Å². The highest BCUT2D eigenvalue weighted by atomic mass is 79.9. The number of likely N-dealkylation sites (tertiary alicyclic amines) is 1. The van der Waals surface area contributed by atoms with Gasteiger partial charge in [0.25, 0.3) is 0 Å². The molecule has 1 heterocycles. The maximum absolute atomic E-state index is 11.7. The molecule has 0 radical (unpaired) electrons. The molecule has 1 saturated heterocycles. The molecule has 1 aromatic carbocycles. The molecule has 1 amide bonds. The van der Waals surface area contributed by atoms with E-state index < -0.39 is 0 Å². The number of hydrogen-bond acceptors (Lipinski definition) is 1. The first kappa shape index (κ1) is 12.6. The molecule has 1 aliphatic heterocycles. The Kier molecular flexibility index (Phi) is 4.21. The van der Waals surface area contributed by atoms with Gasteiger partial charge in [-0.3, -0.25) is 4.79 Å². The fourth-order valence-electron chi connectivity index (χ4n) is 2.43. The van der Waals surface area contributed by atoms with Gasteiger partial charge in [-0.25, -0.2) is 0 Å². The summed E-state index contributed by atoms with van der Waals surface area (Å²) in [5.41, 5.74) is 1.35. The lowest BCUT2D eigenvalue weighted by Gasteiger charge is -2.33. The van der Waals surface area contributed by atoms with Crippen LogP contribution in [0.4, 0.5) is 0 Å². The van der Waals surface area contributed by atoms with E-state index in [1.165, 1.54) is 12.0 Å². The Balaban J connectivity index is 2.06. The first-order valence-electron chi connectivity index (χ1n) is 6.24. The normalized spacial score (nSPS) is 20.4. The van der Waals surface area contributed by atoms with Gasteiger partial charge in [-0.2, -0.15) is 0 Å². The molecular formula is C14H18BrNO. The summed E-state index contributed by atoms with van der Waals surface area (Å²) in [7, 11) is 0. The number of rotatable bonds is 2. The van der Waals surface area contributed by atoms with Crippen LogP contribution in [0.3, 0.4) is 0 Å². The van der Waals surface area contributed by atoms with Gasteiger partial charge in [-0.15, -0.1) is 0 Å². The smallest absolute Gasteiger partial charge is 0.222 e. The van der Waals surface area contributed by atoms with E-state index in [-0.39, 0.29) is 5.91 Å². The minimum atomic E-state index is 0.284. The summed E-state index contributed by atoms with van der Waals surface area (Å²) in [6, 6.07) is 8.48. The fourth-order valence-corrected chi connectivity index (χ4v) is 2.70. The van der Waals surface area contributed by atoms with Crippen molar-refractivity contribution < 1.29 is 4.79 Å². The second-order valence-electron chi connectivity index (χ2n) is 4.58. The minimum absolute atomic E-state index is 0.284. The summed E-state index contributed by atoms with van der Waals surface area (Å²) >= 11 is 3.45. The third kappa shape index (κ3) is 3.09. The van der Waals surface area contributed by atoms with Gasteiger partial charge < -0.3 is 4.90 Å². The van der Waals surface area contributed by atoms with Gasteiger partial charge in [-0.1, -0.05) is 35.0 Å². The number of piperidine rings is 1. The summed E-state index contributed by atoms with van der Waals surface area (Å²) in [6.45, 7) is 3.75. The van der Waals surface area contributed by atoms with Crippen molar-refractivity contribution in [2.75, 3.05) is 13.1 Å². The predicted molar refractivity (Wildman–Crippen MR) is 73.0 cm³/mol. The SMILES string of the molecule is CCC(=O)N1CCCC(c2ccc(Br)cc2)C1. The van der Waals surface area contributed by atoms with Crippen LogP contribution in [0.25, 0.3) is 0 Å². The topological polar surface area (TPSA) is 20.3 Å². The summed E-state index contributed by atoms with van der Waals surface area (Å²) in [4.78, 5) is 13.7. The maximum Gasteiger partial charge on any atom is 0.222 e. The zero-order chi connectivity index (χ0) is 12.3. The molecule has 1 unspecified atom stereocenters. The lowest BCUT2D eigenvalue weighted by atomic mass is 9.90. The molecule has 1 aliphatic rings. The van der Waals surface area contributed by atoms with E-state index in [0.717, 1.165) is 24.0 Å². The number of benzene rings is 1. The van der Waals surface area contributed by atoms with Crippen LogP contribution in [0.5, 0.6) is 0 Å². The zero-order valence-corrected chi connectivity index (χ0v) is 11.7. The Morgan fingerprint density at radius 2 is 2.12 bits per heavy atom. The van der Waals surface area contributed by atoms with E-state index in [9.17, 15) is 4.79 Å². The Morgan fingerprint density at radius 1 is 1.41 bits per heavy atom. The van der Waals surface area contributed by atoms with Crippen LogP contribution in [0, 0.1) is 0 Å². The molecule has 0 bridgehead atoms. The molecule has 0 N–H and O–H groups in total. The third-order valence-corrected chi connectivity index (χ3v) is 3.95. The van der Waals surface area contributed by atoms with Crippen LogP contribution in [-0.4, -0.2) is 23.9 Å². The molecule has 17 heavy (non-hydrogen) atoms. The first-order valence-corrected chi connectivity index (χ1v) is 7.03. The van der Waals surface area contributed by atoms with Crippen LogP contribution in [0.1, 0.15) is 37.7 Å². The second-order valence-corrected chi connectivity index (χ2v) is 5.50. The number of hydrogen-bond donors (Lipinski definition) is 0. The number of carbonyl (C=O) groups excluding carboxylic acids is 1. The van der Waals surface area contributed by atoms with E-state index in [1.54, 1.807) is 0 Å². The van der Waals surface area contributed by atoms with Crippen molar-refractivity contribution in [2.45, 2.75) is 32.1 Å². The Labute approximate surface area is 111 Å². The summed E-state index contributed by atoms with van der Waals surface area (Å²) in [5, 5.41) is 0. The van der Waals surface area contributed by atoms with E-state index in [1.807, 2.05) is 11.8 Å². The van der Waals surface area contributed by atoms with Crippen molar-refractivity contribution in [3.63, 3.8) is 0 Å². The summed E-state index contributed by atoms with van der Waals surface area (Å²) < 4.78 is 1.11. The molecule has 0 saturated carbocycles. The van der Waals surface area contributed by atoms with Gasteiger partial charge in [-0.05, 0) is 30.5 Å². The molecule has 1 aromatic rings. The highest BCUT2D eigenvalue weighted by Crippen LogP contribution is 2.28. The molecule has 0 spiro atoms. The summed E-state index contributed by atoms with van der Waals surface area (Å²) in [5.74, 6) is 0.791. The lowest BCUT2D eigenvalue weighted by Crippen LogP contribution is -2.38. The fraction of sp³-hybridized carbons (Fsp3) is 0.500. The highest BCUT2D eigenvalue weighted by molar-refractivity contribution is 9.10. The zero-order valence-electron chi connectivity index (χ0n) is 10.2. The van der Waals surface area contributed by atoms with Crippen LogP contribution < -0.4 is 0 Å². The van der Waals surface area contributed by atoms with Crippen molar-refractivity contribution in [3.05, 3.63) is 34.3 Å². The molecule has 2 nitrogen and oxygen atoms in total. The third-order valence-electron chi connectivity index (χ3n) is 3.42. The van der Waals surface area contributed by atoms with Crippen molar-refractivity contribution in [1.82, 2.24) is 4.90 Å². The molecule has 3 heteroatoms. The Bertz CT molecular complexity index is 388. The maximum atomic E-state index is 11.7. The summed E-state index contributed by atoms with van der Waals surface area (Å²) in [6.07, 6.45) is 2.93.